The summed E-state index contributed by atoms with van der Waals surface area (Å²) in [4.78, 5) is 89.9. The van der Waals surface area contributed by atoms with E-state index in [1.807, 2.05) is 24.3 Å². The Morgan fingerprint density at radius 3 is 2.46 bits per heavy atom. The van der Waals surface area contributed by atoms with E-state index in [-0.39, 0.29) is 40.8 Å². The summed E-state index contributed by atoms with van der Waals surface area (Å²) in [6.07, 6.45) is 4.70. The molecular weight excluding hydrogens is 830 g/mol. The van der Waals surface area contributed by atoms with E-state index in [2.05, 4.69) is 51.7 Å². The molecule has 1 unspecified atom stereocenters. The molecule has 19 heteroatoms. The Balaban J connectivity index is 0.799. The quantitative estimate of drug-likeness (QED) is 0.0607. The Morgan fingerprint density at radius 2 is 1.68 bits per heavy atom. The summed E-state index contributed by atoms with van der Waals surface area (Å²) in [5.41, 5.74) is 3.54. The Bertz CT molecular complexity index is 2390. The van der Waals surface area contributed by atoms with Crippen LogP contribution in [-0.4, -0.2) is 121 Å². The molecule has 4 heterocycles. The number of aromatic nitrogens is 2. The molecule has 18 nitrogen and oxygen atoms in total. The number of methoxy groups -OCH3 is 1. The number of rotatable bonds is 18. The van der Waals surface area contributed by atoms with Crippen LogP contribution in [0.5, 0.6) is 5.75 Å². The highest BCUT2D eigenvalue weighted by Crippen LogP contribution is 2.34. The third-order valence-electron chi connectivity index (χ3n) is 11.2. The van der Waals surface area contributed by atoms with Crippen LogP contribution in [0.25, 0.3) is 0 Å². The van der Waals surface area contributed by atoms with E-state index >= 15 is 0 Å². The largest absolute Gasteiger partial charge is 0.494 e. The van der Waals surface area contributed by atoms with Gasteiger partial charge < -0.3 is 36.2 Å². The number of carbonyl (C=O) groups excluding carboxylic acids is 6. The van der Waals surface area contributed by atoms with Gasteiger partial charge in [-0.15, -0.1) is 0 Å². The Morgan fingerprint density at radius 1 is 0.889 bits per heavy atom. The first-order valence-electron chi connectivity index (χ1n) is 20.9. The van der Waals surface area contributed by atoms with Gasteiger partial charge in [0, 0.05) is 76.6 Å². The van der Waals surface area contributed by atoms with E-state index in [0.29, 0.717) is 59.7 Å². The predicted molar refractivity (Wildman–Crippen MR) is 238 cm³/mol. The van der Waals surface area contributed by atoms with Gasteiger partial charge in [-0.05, 0) is 62.2 Å². The van der Waals surface area contributed by atoms with Crippen LogP contribution in [0.4, 0.5) is 34.5 Å². The first-order valence-corrected chi connectivity index (χ1v) is 21.3. The summed E-state index contributed by atoms with van der Waals surface area (Å²) in [6.45, 7) is 5.13. The number of hydrogen-bond donors (Lipinski definition) is 6. The zero-order valence-electron chi connectivity index (χ0n) is 35.1. The van der Waals surface area contributed by atoms with Gasteiger partial charge in [-0.2, -0.15) is 4.98 Å². The number of para-hydroxylation sites is 1. The van der Waals surface area contributed by atoms with Gasteiger partial charge in [0.1, 0.15) is 16.8 Å². The highest BCUT2D eigenvalue weighted by atomic mass is 35.5. The minimum absolute atomic E-state index is 0.0490. The molecule has 3 aliphatic heterocycles. The first-order chi connectivity index (χ1) is 30.5. The lowest BCUT2D eigenvalue weighted by atomic mass is 10.0. The van der Waals surface area contributed by atoms with Gasteiger partial charge in [0.05, 0.1) is 41.4 Å². The second kappa shape index (κ2) is 20.4. The maximum atomic E-state index is 13.3. The molecule has 0 bridgehead atoms. The highest BCUT2D eigenvalue weighted by Gasteiger charge is 2.45. The van der Waals surface area contributed by atoms with Crippen molar-refractivity contribution in [2.45, 2.75) is 44.6 Å². The number of benzene rings is 3. The Hall–Kier alpha value is -6.79. The standard InChI is InChI=1S/C44H50ClN11O7/c1-46-40(59)28-9-5-6-11-31(28)50-39-30(45)26-49-44(53-39)51-32-15-14-27(25-35(32)63-2)55-23-21-54(22-24-55)20-7-3-4-13-36(57)48-19-18-47-33-12-8-10-29-38(33)43(62)56(42(29)61)34-16-17-37(58)52-41(34)60/h5-6,8-12,14-15,25-26,34,47H,3-4,7,13,16-24H2,1-2H3,(H,46,59)(H,48,57)(H,52,58,60)(H2,49,50,51,53). The maximum Gasteiger partial charge on any atom is 0.264 e. The molecule has 330 valence electrons. The maximum absolute atomic E-state index is 13.3. The smallest absolute Gasteiger partial charge is 0.264 e. The zero-order chi connectivity index (χ0) is 44.5. The molecule has 0 radical (unpaired) electrons. The molecule has 0 aliphatic carbocycles. The number of piperazine rings is 1. The first kappa shape index (κ1) is 44.3. The molecule has 6 amide bonds. The predicted octanol–water partition coefficient (Wildman–Crippen LogP) is 4.30. The van der Waals surface area contributed by atoms with Crippen LogP contribution in [0, 0.1) is 0 Å². The number of unbranched alkanes of at least 4 members (excludes halogenated alkanes) is 2. The third kappa shape index (κ3) is 10.5. The second-order valence-electron chi connectivity index (χ2n) is 15.2. The van der Waals surface area contributed by atoms with Crippen molar-refractivity contribution in [1.29, 1.82) is 0 Å². The van der Waals surface area contributed by atoms with E-state index in [1.54, 1.807) is 50.6 Å². The van der Waals surface area contributed by atoms with Crippen molar-refractivity contribution in [3.05, 3.63) is 88.6 Å². The minimum atomic E-state index is -1.04. The number of carbonyl (C=O) groups is 6. The van der Waals surface area contributed by atoms with Gasteiger partial charge in [0.25, 0.3) is 17.7 Å². The fourth-order valence-electron chi connectivity index (χ4n) is 7.84. The van der Waals surface area contributed by atoms with Crippen LogP contribution in [0.3, 0.4) is 0 Å². The zero-order valence-corrected chi connectivity index (χ0v) is 35.8. The van der Waals surface area contributed by atoms with Gasteiger partial charge in [0.2, 0.25) is 23.7 Å². The van der Waals surface area contributed by atoms with Crippen molar-refractivity contribution in [3.8, 4) is 5.75 Å². The van der Waals surface area contributed by atoms with Crippen molar-refractivity contribution in [2.24, 2.45) is 0 Å². The molecule has 6 N–H and O–H groups in total. The van der Waals surface area contributed by atoms with Crippen LogP contribution in [-0.2, 0) is 14.4 Å². The second-order valence-corrected chi connectivity index (χ2v) is 15.6. The molecule has 0 saturated carbocycles. The average molecular weight is 880 g/mol. The van der Waals surface area contributed by atoms with Gasteiger partial charge in [-0.3, -0.25) is 43.9 Å². The van der Waals surface area contributed by atoms with Crippen molar-refractivity contribution in [1.82, 2.24) is 35.7 Å². The normalized spacial score (nSPS) is 16.3. The van der Waals surface area contributed by atoms with Crippen molar-refractivity contribution < 1.29 is 33.5 Å². The van der Waals surface area contributed by atoms with Crippen LogP contribution in [0.15, 0.2) is 66.9 Å². The van der Waals surface area contributed by atoms with E-state index in [1.165, 1.54) is 6.20 Å². The molecule has 4 aromatic rings. The number of imide groups is 2. The fourth-order valence-corrected chi connectivity index (χ4v) is 7.98. The van der Waals surface area contributed by atoms with Crippen molar-refractivity contribution >= 4 is 81.6 Å². The fraction of sp³-hybridized carbons (Fsp3) is 0.364. The Kier molecular flexibility index (Phi) is 14.3. The van der Waals surface area contributed by atoms with E-state index in [9.17, 15) is 28.8 Å². The van der Waals surface area contributed by atoms with Crippen molar-refractivity contribution in [3.63, 3.8) is 0 Å². The van der Waals surface area contributed by atoms with Gasteiger partial charge >= 0.3 is 0 Å². The van der Waals surface area contributed by atoms with E-state index < -0.39 is 29.7 Å². The lowest BCUT2D eigenvalue weighted by Gasteiger charge is -2.36. The molecule has 0 spiro atoms. The number of amides is 6. The topological polar surface area (TPSA) is 219 Å². The van der Waals surface area contributed by atoms with Crippen LogP contribution >= 0.6 is 11.6 Å². The van der Waals surface area contributed by atoms with E-state index in [4.69, 9.17) is 16.3 Å². The monoisotopic (exact) mass is 879 g/mol. The summed E-state index contributed by atoms with van der Waals surface area (Å²) in [5.74, 6) is -1.28. The minimum Gasteiger partial charge on any atom is -0.494 e. The number of nitrogens with zero attached hydrogens (tertiary/aromatic N) is 5. The molecule has 63 heavy (non-hydrogen) atoms. The van der Waals surface area contributed by atoms with Crippen molar-refractivity contribution in [2.75, 3.05) is 80.8 Å². The molecule has 2 saturated heterocycles. The number of nitrogens with one attached hydrogen (secondary N) is 6. The van der Waals surface area contributed by atoms with E-state index in [0.717, 1.165) is 62.6 Å². The third-order valence-corrected chi connectivity index (χ3v) is 11.5. The summed E-state index contributed by atoms with van der Waals surface area (Å²) in [7, 11) is 3.18. The van der Waals surface area contributed by atoms with Crippen LogP contribution in [0.2, 0.25) is 5.02 Å². The summed E-state index contributed by atoms with van der Waals surface area (Å²) >= 11 is 6.43. The SMILES string of the molecule is CNC(=O)c1ccccc1Nc1nc(Nc2ccc(N3CCN(CCCCCC(=O)NCCNc4cccc5c4C(=O)N(C4CCC(=O)NC4=O)C5=O)CC3)cc2OC)ncc1Cl. The van der Waals surface area contributed by atoms with Gasteiger partial charge in [-0.1, -0.05) is 36.2 Å². The summed E-state index contributed by atoms with van der Waals surface area (Å²) in [6, 6.07) is 16.9. The molecule has 2 fully saturated rings. The molecule has 1 atom stereocenters. The Labute approximate surface area is 369 Å². The number of halogens is 1. The molecule has 7 rings (SSSR count). The molecular formula is C44H50ClN11O7. The van der Waals surface area contributed by atoms with Crippen LogP contribution < -0.4 is 41.5 Å². The lowest BCUT2D eigenvalue weighted by Crippen LogP contribution is -2.54. The number of ether oxygens (including phenoxy) is 1. The number of piperidine rings is 1. The summed E-state index contributed by atoms with van der Waals surface area (Å²) in [5, 5.41) is 17.6. The number of fused-ring (bicyclic) bond motifs is 1. The number of anilines is 6. The molecule has 3 aromatic carbocycles. The lowest BCUT2D eigenvalue weighted by molar-refractivity contribution is -0.136. The average Bonchev–Trinajstić information content (AvgIpc) is 3.55. The molecule has 1 aromatic heterocycles. The van der Waals surface area contributed by atoms with Gasteiger partial charge in [0.15, 0.2) is 5.82 Å². The number of hydrogen-bond acceptors (Lipinski definition) is 14. The van der Waals surface area contributed by atoms with Crippen LogP contribution in [0.1, 0.15) is 69.6 Å². The highest BCUT2D eigenvalue weighted by molar-refractivity contribution is 6.33. The van der Waals surface area contributed by atoms with Gasteiger partial charge in [-0.25, -0.2) is 4.98 Å². The molecule has 3 aliphatic rings. The summed E-state index contributed by atoms with van der Waals surface area (Å²) < 4.78 is 5.75.